The van der Waals surface area contributed by atoms with Crippen molar-refractivity contribution >= 4 is 47.3 Å². The molecule has 5 aliphatic rings. The fourth-order valence-corrected chi connectivity index (χ4v) is 13.1. The summed E-state index contributed by atoms with van der Waals surface area (Å²) in [4.78, 5) is 94.5. The van der Waals surface area contributed by atoms with Crippen LogP contribution in [0.5, 0.6) is 0 Å². The van der Waals surface area contributed by atoms with Crippen LogP contribution in [0.3, 0.4) is 0 Å². The fraction of sp³-hybridized carbons (Fsp3) is 0.682. The number of aliphatic hydroxyl groups is 2. The van der Waals surface area contributed by atoms with E-state index in [0.29, 0.717) is 119 Å². The minimum absolute atomic E-state index is 0.00808. The number of fused-ring (bicyclic) bond motifs is 3. The number of esters is 1. The number of aryl methyl sites for hydroxylation is 1. The maximum atomic E-state index is 14.8. The Bertz CT molecular complexity index is 2850. The number of piperazine rings is 1. The van der Waals surface area contributed by atoms with E-state index in [1.54, 1.807) is 46.7 Å². The van der Waals surface area contributed by atoms with Crippen LogP contribution in [0.4, 0.5) is 22.5 Å². The first kappa shape index (κ1) is 71.2. The number of nitrogens with two attached hydrogens (primary N) is 2. The Labute approximate surface area is 530 Å². The first-order valence-electron chi connectivity index (χ1n) is 32.1. The predicted octanol–water partition coefficient (Wildman–Crippen LogP) is 6.05. The minimum atomic E-state index is -2.47. The van der Waals surface area contributed by atoms with Crippen LogP contribution < -0.4 is 26.6 Å². The van der Waals surface area contributed by atoms with Crippen molar-refractivity contribution in [1.29, 1.82) is 0 Å². The quantitative estimate of drug-likeness (QED) is 0.0917. The fourth-order valence-electron chi connectivity index (χ4n) is 13.1. The molecule has 1 saturated carbocycles. The summed E-state index contributed by atoms with van der Waals surface area (Å²) in [5, 5.41) is 26.7. The van der Waals surface area contributed by atoms with Crippen molar-refractivity contribution in [3.8, 4) is 0 Å². The summed E-state index contributed by atoms with van der Waals surface area (Å²) in [5.74, 6) is -5.72. The molecule has 2 amide bonds. The summed E-state index contributed by atoms with van der Waals surface area (Å²) in [6, 6.07) is -1.98. The molecule has 498 valence electrons. The third-order valence-electron chi connectivity index (χ3n) is 18.9. The number of aliphatic hydroxyl groups excluding tert-OH is 1. The van der Waals surface area contributed by atoms with Gasteiger partial charge in [-0.1, -0.05) is 64.2 Å². The van der Waals surface area contributed by atoms with Gasteiger partial charge in [-0.3, -0.25) is 14.4 Å². The second-order valence-corrected chi connectivity index (χ2v) is 25.5. The van der Waals surface area contributed by atoms with E-state index < -0.39 is 108 Å². The van der Waals surface area contributed by atoms with Gasteiger partial charge < -0.3 is 74.9 Å². The monoisotopic (exact) mass is 1260 g/mol. The highest BCUT2D eigenvalue weighted by Gasteiger charge is 2.53. The van der Waals surface area contributed by atoms with Crippen molar-refractivity contribution in [1.82, 2.24) is 30.2 Å². The molecule has 4 fully saturated rings. The summed E-state index contributed by atoms with van der Waals surface area (Å²) in [6.45, 7) is 15.8. The molecule has 7 rings (SSSR count). The summed E-state index contributed by atoms with van der Waals surface area (Å²) in [7, 11) is 6.08. The van der Waals surface area contributed by atoms with E-state index in [1.807, 2.05) is 71.1 Å². The number of carbonyl (C=O) groups is 5. The number of nitrogens with one attached hydrogen (secondary N) is 1. The second kappa shape index (κ2) is 33.4. The molecule has 24 nitrogen and oxygen atoms in total. The first-order chi connectivity index (χ1) is 43.0. The van der Waals surface area contributed by atoms with Crippen molar-refractivity contribution in [2.24, 2.45) is 35.3 Å². The molecule has 0 radical (unpaired) electrons. The number of hydrogen-bond donors (Lipinski definition) is 5. The Morgan fingerprint density at radius 2 is 1.47 bits per heavy atom. The predicted molar refractivity (Wildman–Crippen MR) is 338 cm³/mol. The highest BCUT2D eigenvalue weighted by atomic mass is 16.6. The van der Waals surface area contributed by atoms with Crippen molar-refractivity contribution in [3.05, 3.63) is 77.3 Å². The highest BCUT2D eigenvalue weighted by molar-refractivity contribution is 6.39. The largest absolute Gasteiger partial charge is 0.459 e. The second-order valence-electron chi connectivity index (χ2n) is 25.5. The van der Waals surface area contributed by atoms with Crippen molar-refractivity contribution in [2.45, 2.75) is 199 Å². The third-order valence-corrected chi connectivity index (χ3v) is 18.9. The smallest absolute Gasteiger partial charge is 0.407 e. The van der Waals surface area contributed by atoms with Crippen LogP contribution in [0.15, 0.2) is 66.2 Å². The molecule has 24 heteroatoms. The lowest BCUT2D eigenvalue weighted by molar-refractivity contribution is -0.265. The Morgan fingerprint density at radius 3 is 2.13 bits per heavy atom. The maximum Gasteiger partial charge on any atom is 0.407 e. The zero-order valence-corrected chi connectivity index (χ0v) is 54.7. The zero-order valence-electron chi connectivity index (χ0n) is 54.7. The Morgan fingerprint density at radius 1 is 0.778 bits per heavy atom. The van der Waals surface area contributed by atoms with Crippen molar-refractivity contribution in [2.75, 3.05) is 76.7 Å². The van der Waals surface area contributed by atoms with E-state index in [1.165, 1.54) is 19.1 Å². The number of aromatic nitrogens is 4. The molecular formula is C66H100N10O14. The molecule has 7 N–H and O–H groups in total. The molecule has 2 bridgehead atoms. The van der Waals surface area contributed by atoms with Gasteiger partial charge in [0, 0.05) is 134 Å². The molecule has 16 atom stereocenters. The summed E-state index contributed by atoms with van der Waals surface area (Å²) >= 11 is 0. The average Bonchev–Trinajstić information content (AvgIpc) is 1.09. The number of methoxy groups -OCH3 is 4. The van der Waals surface area contributed by atoms with Gasteiger partial charge >= 0.3 is 12.1 Å². The third kappa shape index (κ3) is 18.5. The van der Waals surface area contributed by atoms with E-state index >= 15 is 0 Å². The Kier molecular flexibility index (Phi) is 26.4. The Balaban J connectivity index is 1.05. The summed E-state index contributed by atoms with van der Waals surface area (Å²) in [5.41, 5.74) is 16.1. The lowest BCUT2D eigenvalue weighted by Gasteiger charge is -2.43. The zero-order chi connectivity index (χ0) is 65.4. The number of carbonyl (C=O) groups excluding carboxylic acids is 5. The van der Waals surface area contributed by atoms with Crippen LogP contribution in [0.25, 0.3) is 0 Å². The number of ketones is 2. The molecular weight excluding hydrogens is 1160 g/mol. The lowest BCUT2D eigenvalue weighted by Crippen LogP contribution is -2.61. The van der Waals surface area contributed by atoms with Gasteiger partial charge in [0.15, 0.2) is 5.78 Å². The van der Waals surface area contributed by atoms with E-state index in [2.05, 4.69) is 35.1 Å². The normalized spacial score (nSPS) is 34.2. The van der Waals surface area contributed by atoms with Crippen LogP contribution in [0.2, 0.25) is 0 Å². The van der Waals surface area contributed by atoms with Crippen LogP contribution in [0, 0.1) is 36.5 Å². The molecule has 4 aliphatic heterocycles. The lowest BCUT2D eigenvalue weighted by atomic mass is 9.80. The van der Waals surface area contributed by atoms with Crippen LogP contribution in [0.1, 0.15) is 130 Å². The number of rotatable bonds is 12. The molecule has 0 spiro atoms. The number of nitrogen functional groups attached to an aromatic ring is 1. The van der Waals surface area contributed by atoms with Crippen molar-refractivity contribution < 1.29 is 67.3 Å². The number of nitrogens with zero attached hydrogens (tertiary/aromatic N) is 7. The molecule has 90 heavy (non-hydrogen) atoms. The van der Waals surface area contributed by atoms with Crippen LogP contribution in [-0.4, -0.2) is 192 Å². The standard InChI is InChI=1S/C66H100N10O14/c1-39-17-13-12-14-18-40(2)52(84-8)33-48-22-20-45(7)66(83,90-48)59(79)61(80)76-24-16-15-19-50(76)62(81)88-54(34-53(85-9)41(3)30-43(5)57(78)58(87-11)56(77)42(4)29-39)49(67)31-46-21-23-51(55(32-46)86-10)89-65(82)72-38-47-36-70-63(71-37-47)74-25-27-75(28-26-74)64-69-35-44(6)60(68)73-64/h12-14,17-18,30,35-37,39,41-42,45-46,48-55,57-58,78,83H,15-16,19-29,31-34,38,67H2,1-11H3,(H,72,82)(H2,68,69,73)/b14-12+,17-13+,40-18+,43-30+/t39-,41-,42-,45-,46+,48+,49-,50+,51-,52+,53-,54+,55-,57-,58+,66-/m1/s1. The maximum absolute atomic E-state index is 14.8. The molecule has 1 aliphatic carbocycles. The summed E-state index contributed by atoms with van der Waals surface area (Å²) in [6.07, 6.45) is 14.5. The van der Waals surface area contributed by atoms with E-state index in [-0.39, 0.29) is 43.6 Å². The number of hydrogen-bond acceptors (Lipinski definition) is 22. The van der Waals surface area contributed by atoms with E-state index in [9.17, 15) is 34.2 Å². The number of allylic oxidation sites excluding steroid dienone is 5. The molecule has 2 aromatic rings. The number of ether oxygens (including phenoxy) is 7. The minimum Gasteiger partial charge on any atom is -0.459 e. The van der Waals surface area contributed by atoms with Crippen LogP contribution in [-0.2, 0) is 58.9 Å². The van der Waals surface area contributed by atoms with Gasteiger partial charge in [0.25, 0.3) is 11.7 Å². The molecule has 0 unspecified atom stereocenters. The van der Waals surface area contributed by atoms with Gasteiger partial charge in [0.2, 0.25) is 17.7 Å². The molecule has 2 aromatic heterocycles. The van der Waals surface area contributed by atoms with Crippen LogP contribution >= 0.6 is 0 Å². The number of Topliss-reactive ketones (excluding diaryl/α,β-unsaturated/α-hetero) is 2. The van der Waals surface area contributed by atoms with Gasteiger partial charge in [-0.2, -0.15) is 4.98 Å². The number of cyclic esters (lactones) is 1. The van der Waals surface area contributed by atoms with Gasteiger partial charge in [-0.05, 0) is 108 Å². The van der Waals surface area contributed by atoms with Gasteiger partial charge in [-0.15, -0.1) is 0 Å². The van der Waals surface area contributed by atoms with E-state index in [0.717, 1.165) is 11.1 Å². The number of anilines is 3. The molecule has 6 heterocycles. The summed E-state index contributed by atoms with van der Waals surface area (Å²) < 4.78 is 42.3. The van der Waals surface area contributed by atoms with E-state index in [4.69, 9.17) is 44.6 Å². The average molecular weight is 1260 g/mol. The Hall–Kier alpha value is -6.25. The highest BCUT2D eigenvalue weighted by Crippen LogP contribution is 2.38. The topological polar surface area (TPSA) is 316 Å². The number of piperidine rings is 1. The van der Waals surface area contributed by atoms with Gasteiger partial charge in [0.05, 0.1) is 24.4 Å². The molecule has 3 saturated heterocycles. The number of amides is 2. The first-order valence-corrected chi connectivity index (χ1v) is 32.1. The van der Waals surface area contributed by atoms with Gasteiger partial charge in [-0.25, -0.2) is 24.5 Å². The van der Waals surface area contributed by atoms with Gasteiger partial charge in [0.1, 0.15) is 36.3 Å². The SMILES string of the molecule is CO[C@H]1C[C@@H]2CC[C@@H](C)[C@@](O)(O2)C(=O)C(=O)N2CCCC[C@H]2C(=O)O[C@H]([C@H](N)C[C@@H]2CC[C@@H](OC(=O)NCc3cnc(N4CCN(c5ncc(C)c(N)n5)CC4)nc3)[C@H](OC)C2)C[C@@H](OC)[C@H](C)/C=C(\C)[C@@H](O)[C@@H](OC)C(=O)[C@H](C)C[C@H](C)/C=C/C=C/C=C/1C. The van der Waals surface area contributed by atoms with Crippen molar-refractivity contribution in [3.63, 3.8) is 0 Å². The number of alkyl carbamates (subject to hydrolysis) is 1. The molecule has 0 aromatic carbocycles.